The highest BCUT2D eigenvalue weighted by atomic mass is 32.1. The van der Waals surface area contributed by atoms with Crippen molar-refractivity contribution in [3.63, 3.8) is 0 Å². The van der Waals surface area contributed by atoms with Crippen LogP contribution >= 0.6 is 11.3 Å². The number of fused-ring (bicyclic) bond motifs is 7. The topological polar surface area (TPSA) is 51.8 Å². The number of furan rings is 1. The summed E-state index contributed by atoms with van der Waals surface area (Å²) in [5, 5.41) is 11.8. The minimum absolute atomic E-state index is 0.645. The van der Waals surface area contributed by atoms with E-state index in [-0.39, 0.29) is 0 Å². The summed E-state index contributed by atoms with van der Waals surface area (Å²) in [5.41, 5.74) is 4.66. The molecule has 0 amide bonds. The van der Waals surface area contributed by atoms with Gasteiger partial charge in [0.25, 0.3) is 0 Å². The third-order valence-electron chi connectivity index (χ3n) is 9.62. The average Bonchev–Trinajstić information content (AvgIpc) is 3.72. The normalized spacial score (nSPS) is 12.2. The highest BCUT2D eigenvalue weighted by Crippen LogP contribution is 2.46. The number of hydrogen-bond acceptors (Lipinski definition) is 5. The second kappa shape index (κ2) is 9.67. The molecule has 11 aromatic rings. The number of hydrogen-bond donors (Lipinski definition) is 0. The van der Waals surface area contributed by atoms with Crippen molar-refractivity contribution in [3.05, 3.63) is 140 Å². The van der Waals surface area contributed by atoms with Crippen LogP contribution in [0.2, 0.25) is 0 Å². The Balaban J connectivity index is 1.23. The fraction of sp³-hybridized carbons (Fsp3) is 0. The second-order valence-corrected chi connectivity index (χ2v) is 13.4. The summed E-state index contributed by atoms with van der Waals surface area (Å²) < 4.78 is 8.86. The molecule has 0 unspecified atom stereocenters. The average molecular weight is 630 g/mol. The minimum atomic E-state index is 0.645. The van der Waals surface area contributed by atoms with Gasteiger partial charge in [-0.3, -0.25) is 0 Å². The van der Waals surface area contributed by atoms with Crippen molar-refractivity contribution in [2.75, 3.05) is 0 Å². The minimum Gasteiger partial charge on any atom is -0.455 e. The second-order valence-electron chi connectivity index (χ2n) is 12.4. The maximum absolute atomic E-state index is 6.56. The monoisotopic (exact) mass is 629 g/mol. The Morgan fingerprint density at radius 2 is 1.06 bits per heavy atom. The zero-order valence-corrected chi connectivity index (χ0v) is 26.3. The third-order valence-corrected chi connectivity index (χ3v) is 10.8. The number of rotatable bonds is 3. The zero-order valence-electron chi connectivity index (χ0n) is 25.4. The lowest BCUT2D eigenvalue weighted by Crippen LogP contribution is -2.00. The van der Waals surface area contributed by atoms with Gasteiger partial charge in [0.05, 0.1) is 4.70 Å². The van der Waals surface area contributed by atoms with Crippen molar-refractivity contribution in [1.82, 2.24) is 15.0 Å². The van der Waals surface area contributed by atoms with Gasteiger partial charge in [-0.15, -0.1) is 11.3 Å². The lowest BCUT2D eigenvalue weighted by atomic mass is 9.93. The lowest BCUT2D eigenvalue weighted by Gasteiger charge is -2.13. The predicted molar refractivity (Wildman–Crippen MR) is 200 cm³/mol. The fourth-order valence-corrected chi connectivity index (χ4v) is 8.67. The number of benzene rings is 8. The predicted octanol–water partition coefficient (Wildman–Crippen LogP) is 12.0. The Morgan fingerprint density at radius 1 is 0.438 bits per heavy atom. The van der Waals surface area contributed by atoms with E-state index in [0.29, 0.717) is 17.5 Å². The van der Waals surface area contributed by atoms with Crippen molar-refractivity contribution in [2.24, 2.45) is 0 Å². The summed E-state index contributed by atoms with van der Waals surface area (Å²) in [4.78, 5) is 15.6. The molecule has 4 nitrogen and oxygen atoms in total. The first kappa shape index (κ1) is 26.0. The molecule has 0 radical (unpaired) electrons. The van der Waals surface area contributed by atoms with Crippen molar-refractivity contribution in [2.45, 2.75) is 0 Å². The molecule has 5 heteroatoms. The SMILES string of the molecule is c1ccc(-c2nc(-c3cc4ccc5cccc6ccc(c3)c4c56)nc(-c3cc4c5ccccc5oc4c4c3sc3ccccc34)n2)cc1. The molecular weight excluding hydrogens is 607 g/mol. The largest absolute Gasteiger partial charge is 0.455 e. The smallest absolute Gasteiger partial charge is 0.165 e. The van der Waals surface area contributed by atoms with Crippen LogP contribution in [0, 0.1) is 0 Å². The maximum atomic E-state index is 6.56. The first-order chi connectivity index (χ1) is 23.8. The quantitative estimate of drug-likeness (QED) is 0.183. The van der Waals surface area contributed by atoms with Gasteiger partial charge in [0.2, 0.25) is 0 Å². The van der Waals surface area contributed by atoms with Gasteiger partial charge in [0.15, 0.2) is 17.5 Å². The van der Waals surface area contributed by atoms with E-state index in [0.717, 1.165) is 48.7 Å². The van der Waals surface area contributed by atoms with Gasteiger partial charge in [-0.05, 0) is 62.6 Å². The molecule has 0 saturated carbocycles. The van der Waals surface area contributed by atoms with Gasteiger partial charge < -0.3 is 4.42 Å². The number of para-hydroxylation sites is 1. The van der Waals surface area contributed by atoms with E-state index in [1.165, 1.54) is 42.4 Å². The van der Waals surface area contributed by atoms with Crippen LogP contribution in [-0.2, 0) is 0 Å². The molecule has 0 N–H and O–H groups in total. The first-order valence-corrected chi connectivity index (χ1v) is 16.8. The Kier molecular flexibility index (Phi) is 5.23. The fourth-order valence-electron chi connectivity index (χ4n) is 7.46. The van der Waals surface area contributed by atoms with Gasteiger partial charge in [0, 0.05) is 42.9 Å². The van der Waals surface area contributed by atoms with Crippen molar-refractivity contribution in [3.8, 4) is 34.2 Å². The summed E-state index contributed by atoms with van der Waals surface area (Å²) in [6, 6.07) is 49.0. The van der Waals surface area contributed by atoms with Crippen LogP contribution in [0.15, 0.2) is 144 Å². The molecule has 3 heterocycles. The standard InChI is InChI=1S/C43H23N3OS/c1-2-9-26(10-3-1)41-44-42(29-21-27-19-17-24-11-8-12-25-18-20-28(22-29)37(27)36(24)25)46-43(45-41)33-23-32-30-13-4-6-15-34(30)47-39(32)38-31-14-5-7-16-35(31)48-40(33)38/h1-23H. The summed E-state index contributed by atoms with van der Waals surface area (Å²) in [7, 11) is 0. The molecule has 0 aliphatic heterocycles. The number of nitrogens with zero attached hydrogens (tertiary/aromatic N) is 3. The van der Waals surface area contributed by atoms with Crippen LogP contribution in [0.4, 0.5) is 0 Å². The molecule has 0 aliphatic rings. The van der Waals surface area contributed by atoms with E-state index in [9.17, 15) is 0 Å². The van der Waals surface area contributed by atoms with E-state index in [1.807, 2.05) is 30.3 Å². The molecule has 3 aromatic heterocycles. The van der Waals surface area contributed by atoms with E-state index in [4.69, 9.17) is 19.4 Å². The number of thiophene rings is 1. The Hall–Kier alpha value is -6.17. The molecule has 0 atom stereocenters. The molecule has 0 bridgehead atoms. The Bertz CT molecular complexity index is 3000. The van der Waals surface area contributed by atoms with Crippen LogP contribution in [0.25, 0.3) is 109 Å². The van der Waals surface area contributed by atoms with Crippen LogP contribution in [0.1, 0.15) is 0 Å². The summed E-state index contributed by atoms with van der Waals surface area (Å²) in [6.45, 7) is 0. The first-order valence-electron chi connectivity index (χ1n) is 16.0. The molecule has 8 aromatic carbocycles. The van der Waals surface area contributed by atoms with Crippen molar-refractivity contribution < 1.29 is 4.42 Å². The molecule has 11 rings (SSSR count). The zero-order chi connectivity index (χ0) is 31.3. The summed E-state index contributed by atoms with van der Waals surface area (Å²) >= 11 is 1.76. The summed E-state index contributed by atoms with van der Waals surface area (Å²) in [5.74, 6) is 1.94. The van der Waals surface area contributed by atoms with Crippen molar-refractivity contribution >= 4 is 85.8 Å². The molecular formula is C43H23N3OS. The van der Waals surface area contributed by atoms with Gasteiger partial charge in [-0.1, -0.05) is 109 Å². The van der Waals surface area contributed by atoms with Crippen LogP contribution in [-0.4, -0.2) is 15.0 Å². The Labute approximate surface area is 277 Å². The summed E-state index contributed by atoms with van der Waals surface area (Å²) in [6.07, 6.45) is 0. The maximum Gasteiger partial charge on any atom is 0.165 e. The third kappa shape index (κ3) is 3.68. The van der Waals surface area contributed by atoms with E-state index in [2.05, 4.69) is 109 Å². The molecule has 0 spiro atoms. The van der Waals surface area contributed by atoms with Crippen LogP contribution in [0.3, 0.4) is 0 Å². The van der Waals surface area contributed by atoms with Gasteiger partial charge in [0.1, 0.15) is 11.2 Å². The van der Waals surface area contributed by atoms with E-state index in [1.54, 1.807) is 11.3 Å². The number of aromatic nitrogens is 3. The Morgan fingerprint density at radius 3 is 1.85 bits per heavy atom. The lowest BCUT2D eigenvalue weighted by molar-refractivity contribution is 0.673. The van der Waals surface area contributed by atoms with Crippen LogP contribution < -0.4 is 0 Å². The van der Waals surface area contributed by atoms with Gasteiger partial charge >= 0.3 is 0 Å². The van der Waals surface area contributed by atoms with E-state index >= 15 is 0 Å². The molecule has 222 valence electrons. The molecule has 0 aliphatic carbocycles. The van der Waals surface area contributed by atoms with Gasteiger partial charge in [-0.25, -0.2) is 15.0 Å². The molecule has 48 heavy (non-hydrogen) atoms. The van der Waals surface area contributed by atoms with Crippen LogP contribution in [0.5, 0.6) is 0 Å². The molecule has 0 saturated heterocycles. The molecule has 0 fully saturated rings. The highest BCUT2D eigenvalue weighted by Gasteiger charge is 2.22. The van der Waals surface area contributed by atoms with E-state index < -0.39 is 0 Å². The highest BCUT2D eigenvalue weighted by molar-refractivity contribution is 7.26. The van der Waals surface area contributed by atoms with Gasteiger partial charge in [-0.2, -0.15) is 0 Å². The van der Waals surface area contributed by atoms with Crippen molar-refractivity contribution in [1.29, 1.82) is 0 Å².